The molecule has 0 aliphatic heterocycles. The van der Waals surface area contributed by atoms with Crippen LogP contribution in [0.5, 0.6) is 0 Å². The summed E-state index contributed by atoms with van der Waals surface area (Å²) in [7, 11) is 0. The van der Waals surface area contributed by atoms with E-state index in [1.165, 1.54) is 23.3 Å². The minimum atomic E-state index is -0.860. The number of rotatable bonds is 12. The van der Waals surface area contributed by atoms with Gasteiger partial charge in [-0.05, 0) is 78.1 Å². The van der Waals surface area contributed by atoms with Gasteiger partial charge in [-0.1, -0.05) is 49.3 Å². The topological polar surface area (TPSA) is 74.6 Å². The molecule has 0 radical (unpaired) electrons. The van der Waals surface area contributed by atoms with Crippen molar-refractivity contribution in [2.45, 2.75) is 80.1 Å². The zero-order valence-electron chi connectivity index (χ0n) is 18.6. The van der Waals surface area contributed by atoms with E-state index in [0.29, 0.717) is 11.8 Å². The van der Waals surface area contributed by atoms with Crippen LogP contribution in [-0.2, 0) is 9.59 Å². The summed E-state index contributed by atoms with van der Waals surface area (Å²) in [5.41, 5.74) is 2.69. The van der Waals surface area contributed by atoms with Crippen molar-refractivity contribution in [1.29, 1.82) is 0 Å². The van der Waals surface area contributed by atoms with Crippen molar-refractivity contribution in [1.82, 2.24) is 0 Å². The van der Waals surface area contributed by atoms with E-state index in [1.54, 1.807) is 12.2 Å². The lowest BCUT2D eigenvalue weighted by molar-refractivity contribution is -0.132. The van der Waals surface area contributed by atoms with E-state index < -0.39 is 11.9 Å². The van der Waals surface area contributed by atoms with Crippen LogP contribution in [0.25, 0.3) is 0 Å². The maximum Gasteiger partial charge on any atom is 0.327 e. The standard InChI is InChI=1S/2C12H20O2/c2*1-10(2)6-4-7-11(3)8-5-9-12(13)14/h2*5-6,9,11H,4,7-8H2,1-3H3,(H,13,14). The van der Waals surface area contributed by atoms with Crippen LogP contribution in [0, 0.1) is 11.8 Å². The van der Waals surface area contributed by atoms with Crippen molar-refractivity contribution >= 4 is 11.9 Å². The number of hydrogen-bond acceptors (Lipinski definition) is 2. The summed E-state index contributed by atoms with van der Waals surface area (Å²) in [6.45, 7) is 12.7. The Balaban J connectivity index is 0. The van der Waals surface area contributed by atoms with Crippen molar-refractivity contribution in [3.8, 4) is 0 Å². The Bertz CT molecular complexity index is 495. The predicted molar refractivity (Wildman–Crippen MR) is 118 cm³/mol. The number of carbonyl (C=O) groups is 2. The summed E-state index contributed by atoms with van der Waals surface area (Å²) in [6, 6.07) is 0. The summed E-state index contributed by atoms with van der Waals surface area (Å²) in [6.07, 6.45) is 16.5. The molecule has 0 spiro atoms. The molecule has 0 aromatic heterocycles. The second-order valence-electron chi connectivity index (χ2n) is 7.88. The van der Waals surface area contributed by atoms with Crippen molar-refractivity contribution in [2.75, 3.05) is 0 Å². The third-order valence-corrected chi connectivity index (χ3v) is 4.02. The summed E-state index contributed by atoms with van der Waals surface area (Å²) in [5.74, 6) is -0.606. The molecule has 0 rings (SSSR count). The van der Waals surface area contributed by atoms with Crippen molar-refractivity contribution < 1.29 is 19.8 Å². The highest BCUT2D eigenvalue weighted by Gasteiger charge is 1.99. The number of allylic oxidation sites excluding steroid dienone is 6. The Kier molecular flexibility index (Phi) is 18.3. The molecule has 0 amide bonds. The van der Waals surface area contributed by atoms with E-state index in [-0.39, 0.29) is 0 Å². The van der Waals surface area contributed by atoms with Crippen molar-refractivity contribution in [3.63, 3.8) is 0 Å². The molecule has 2 unspecified atom stereocenters. The molecule has 0 aliphatic carbocycles. The molecule has 4 heteroatoms. The lowest BCUT2D eigenvalue weighted by Gasteiger charge is -2.05. The van der Waals surface area contributed by atoms with E-state index in [1.807, 2.05) is 0 Å². The average molecular weight is 393 g/mol. The first-order valence-corrected chi connectivity index (χ1v) is 10.1. The molecule has 0 heterocycles. The molecule has 160 valence electrons. The van der Waals surface area contributed by atoms with Gasteiger partial charge in [-0.25, -0.2) is 9.59 Å². The molecule has 28 heavy (non-hydrogen) atoms. The highest BCUT2D eigenvalue weighted by Crippen LogP contribution is 2.13. The van der Waals surface area contributed by atoms with Crippen LogP contribution >= 0.6 is 0 Å². The first-order valence-electron chi connectivity index (χ1n) is 10.1. The molecular formula is C24H40O4. The Labute approximate surface area is 171 Å². The van der Waals surface area contributed by atoms with Gasteiger partial charge < -0.3 is 10.2 Å². The average Bonchev–Trinajstić information content (AvgIpc) is 2.54. The van der Waals surface area contributed by atoms with Gasteiger partial charge in [0.1, 0.15) is 0 Å². The largest absolute Gasteiger partial charge is 0.478 e. The third-order valence-electron chi connectivity index (χ3n) is 4.02. The second-order valence-corrected chi connectivity index (χ2v) is 7.88. The van der Waals surface area contributed by atoms with E-state index >= 15 is 0 Å². The van der Waals surface area contributed by atoms with Crippen LogP contribution in [0.1, 0.15) is 80.1 Å². The normalized spacial score (nSPS) is 12.8. The number of carboxylic acid groups (broad SMARTS) is 2. The number of carboxylic acids is 2. The first kappa shape index (κ1) is 28.1. The summed E-state index contributed by atoms with van der Waals surface area (Å²) in [4.78, 5) is 20.4. The quantitative estimate of drug-likeness (QED) is 0.283. The molecule has 0 saturated heterocycles. The lowest BCUT2D eigenvalue weighted by Crippen LogP contribution is -1.93. The van der Waals surface area contributed by atoms with E-state index in [0.717, 1.165) is 38.5 Å². The van der Waals surface area contributed by atoms with Crippen LogP contribution in [0.2, 0.25) is 0 Å². The predicted octanol–water partition coefficient (Wildman–Crippen LogP) is 6.80. The van der Waals surface area contributed by atoms with Gasteiger partial charge in [-0.3, -0.25) is 0 Å². The van der Waals surface area contributed by atoms with Crippen LogP contribution in [0.4, 0.5) is 0 Å². The van der Waals surface area contributed by atoms with Crippen molar-refractivity contribution in [2.24, 2.45) is 11.8 Å². The van der Waals surface area contributed by atoms with Crippen LogP contribution in [0.3, 0.4) is 0 Å². The maximum absolute atomic E-state index is 10.2. The van der Waals surface area contributed by atoms with Crippen LogP contribution < -0.4 is 0 Å². The lowest BCUT2D eigenvalue weighted by atomic mass is 10.0. The van der Waals surface area contributed by atoms with Gasteiger partial charge in [0.2, 0.25) is 0 Å². The Morgan fingerprint density at radius 2 is 1.04 bits per heavy atom. The molecular weight excluding hydrogens is 352 g/mol. The van der Waals surface area contributed by atoms with Gasteiger partial charge in [0.25, 0.3) is 0 Å². The van der Waals surface area contributed by atoms with Crippen LogP contribution in [0.15, 0.2) is 47.6 Å². The smallest absolute Gasteiger partial charge is 0.327 e. The van der Waals surface area contributed by atoms with Gasteiger partial charge in [-0.15, -0.1) is 0 Å². The fourth-order valence-electron chi connectivity index (χ4n) is 2.35. The van der Waals surface area contributed by atoms with E-state index in [4.69, 9.17) is 10.2 Å². The fraction of sp³-hybridized carbons (Fsp3) is 0.583. The molecule has 0 aromatic carbocycles. The van der Waals surface area contributed by atoms with Gasteiger partial charge in [0.05, 0.1) is 0 Å². The molecule has 2 atom stereocenters. The minimum absolute atomic E-state index is 0.557. The summed E-state index contributed by atoms with van der Waals surface area (Å²) < 4.78 is 0. The molecule has 0 saturated carbocycles. The molecule has 2 N–H and O–H groups in total. The van der Waals surface area contributed by atoms with Gasteiger partial charge in [0.15, 0.2) is 0 Å². The molecule has 0 aromatic rings. The summed E-state index contributed by atoms with van der Waals surface area (Å²) in [5, 5.41) is 16.8. The van der Waals surface area contributed by atoms with Gasteiger partial charge >= 0.3 is 11.9 Å². The number of hydrogen-bond donors (Lipinski definition) is 2. The number of aliphatic carboxylic acids is 2. The molecule has 4 nitrogen and oxygen atoms in total. The Morgan fingerprint density at radius 3 is 1.29 bits per heavy atom. The SMILES string of the molecule is CC(C)=CCCC(C)CC=CC(=O)O.CC(C)=CCCC(C)CC=CC(=O)O. The van der Waals surface area contributed by atoms with Gasteiger partial charge in [0, 0.05) is 12.2 Å². The molecule has 0 bridgehead atoms. The Hall–Kier alpha value is -2.10. The highest BCUT2D eigenvalue weighted by atomic mass is 16.4. The maximum atomic E-state index is 10.2. The van der Waals surface area contributed by atoms with Gasteiger partial charge in [-0.2, -0.15) is 0 Å². The Morgan fingerprint density at radius 1 is 0.714 bits per heavy atom. The fourth-order valence-corrected chi connectivity index (χ4v) is 2.35. The molecule has 0 aliphatic rings. The zero-order valence-corrected chi connectivity index (χ0v) is 18.6. The zero-order chi connectivity index (χ0) is 21.9. The highest BCUT2D eigenvalue weighted by molar-refractivity contribution is 5.79. The monoisotopic (exact) mass is 392 g/mol. The molecule has 0 fully saturated rings. The third kappa shape index (κ3) is 26.1. The van der Waals surface area contributed by atoms with Crippen molar-refractivity contribution in [3.05, 3.63) is 47.6 Å². The second kappa shape index (κ2) is 18.3. The van der Waals surface area contributed by atoms with Crippen LogP contribution in [-0.4, -0.2) is 22.2 Å². The van der Waals surface area contributed by atoms with E-state index in [2.05, 4.69) is 53.7 Å². The summed E-state index contributed by atoms with van der Waals surface area (Å²) >= 11 is 0. The minimum Gasteiger partial charge on any atom is -0.478 e. The first-order chi connectivity index (χ1) is 13.0. The van der Waals surface area contributed by atoms with E-state index in [9.17, 15) is 9.59 Å².